The van der Waals surface area contributed by atoms with Crippen LogP contribution in [0.2, 0.25) is 0 Å². The van der Waals surface area contributed by atoms with Gasteiger partial charge in [0.05, 0.1) is 0 Å². The predicted molar refractivity (Wildman–Crippen MR) is 71.7 cm³/mol. The van der Waals surface area contributed by atoms with E-state index in [0.29, 0.717) is 0 Å². The van der Waals surface area contributed by atoms with Gasteiger partial charge in [0.2, 0.25) is 0 Å². The van der Waals surface area contributed by atoms with E-state index in [1.807, 2.05) is 10.8 Å². The SMILES string of the molecule is CCCNCc1cscc1-c1ccc(F)c(F)c1. The maximum absolute atomic E-state index is 13.2. The van der Waals surface area contributed by atoms with Crippen molar-refractivity contribution in [2.75, 3.05) is 6.54 Å². The van der Waals surface area contributed by atoms with Crippen molar-refractivity contribution in [1.82, 2.24) is 5.32 Å². The lowest BCUT2D eigenvalue weighted by Crippen LogP contribution is -2.13. The molecule has 1 aromatic heterocycles. The van der Waals surface area contributed by atoms with Crippen molar-refractivity contribution in [3.05, 3.63) is 46.2 Å². The van der Waals surface area contributed by atoms with Crippen LogP contribution in [-0.2, 0) is 6.54 Å². The van der Waals surface area contributed by atoms with Gasteiger partial charge in [0.1, 0.15) is 0 Å². The van der Waals surface area contributed by atoms with Crippen LogP contribution in [0.3, 0.4) is 0 Å². The Labute approximate surface area is 109 Å². The standard InChI is InChI=1S/C14H15F2NS/c1-2-5-17-7-11-8-18-9-12(11)10-3-4-13(15)14(16)6-10/h3-4,6,8-9,17H,2,5,7H2,1H3. The molecular weight excluding hydrogens is 252 g/mol. The lowest BCUT2D eigenvalue weighted by molar-refractivity contribution is 0.509. The molecule has 0 radical (unpaired) electrons. The summed E-state index contributed by atoms with van der Waals surface area (Å²) < 4.78 is 26.1. The number of nitrogens with one attached hydrogen (secondary N) is 1. The molecule has 4 heteroatoms. The van der Waals surface area contributed by atoms with E-state index in [9.17, 15) is 8.78 Å². The van der Waals surface area contributed by atoms with Crippen LogP contribution in [0.5, 0.6) is 0 Å². The number of hydrogen-bond donors (Lipinski definition) is 1. The minimum atomic E-state index is -0.806. The molecule has 0 unspecified atom stereocenters. The molecule has 0 amide bonds. The van der Waals surface area contributed by atoms with Crippen molar-refractivity contribution in [3.63, 3.8) is 0 Å². The number of halogens is 2. The average molecular weight is 267 g/mol. The number of rotatable bonds is 5. The maximum atomic E-state index is 13.2. The molecule has 0 saturated carbocycles. The minimum Gasteiger partial charge on any atom is -0.313 e. The predicted octanol–water partition coefficient (Wildman–Crippen LogP) is 4.19. The number of thiophene rings is 1. The van der Waals surface area contributed by atoms with Crippen molar-refractivity contribution < 1.29 is 8.78 Å². The smallest absolute Gasteiger partial charge is 0.159 e. The van der Waals surface area contributed by atoms with Crippen LogP contribution in [0.25, 0.3) is 11.1 Å². The third-order valence-corrected chi connectivity index (χ3v) is 3.51. The Hall–Kier alpha value is -1.26. The van der Waals surface area contributed by atoms with Gasteiger partial charge < -0.3 is 5.32 Å². The van der Waals surface area contributed by atoms with E-state index < -0.39 is 11.6 Å². The average Bonchev–Trinajstić information content (AvgIpc) is 2.81. The van der Waals surface area contributed by atoms with Crippen LogP contribution in [0.1, 0.15) is 18.9 Å². The summed E-state index contributed by atoms with van der Waals surface area (Å²) in [6.07, 6.45) is 1.07. The summed E-state index contributed by atoms with van der Waals surface area (Å²) in [5.74, 6) is -1.61. The first-order valence-corrected chi connectivity index (χ1v) is 6.88. The van der Waals surface area contributed by atoms with Gasteiger partial charge in [-0.2, -0.15) is 11.3 Å². The van der Waals surface area contributed by atoms with Gasteiger partial charge in [0.25, 0.3) is 0 Å². The van der Waals surface area contributed by atoms with Crippen LogP contribution >= 0.6 is 11.3 Å². The first kappa shape index (κ1) is 13.2. The van der Waals surface area contributed by atoms with Gasteiger partial charge in [0, 0.05) is 6.54 Å². The van der Waals surface area contributed by atoms with Crippen LogP contribution in [0.4, 0.5) is 8.78 Å². The van der Waals surface area contributed by atoms with Crippen LogP contribution in [-0.4, -0.2) is 6.54 Å². The Morgan fingerprint density at radius 3 is 2.72 bits per heavy atom. The van der Waals surface area contributed by atoms with Gasteiger partial charge in [-0.05, 0) is 52.5 Å². The summed E-state index contributed by atoms with van der Waals surface area (Å²) in [6.45, 7) is 3.82. The molecule has 0 bridgehead atoms. The first-order valence-electron chi connectivity index (χ1n) is 5.93. The summed E-state index contributed by atoms with van der Waals surface area (Å²) in [7, 11) is 0. The topological polar surface area (TPSA) is 12.0 Å². The highest BCUT2D eigenvalue weighted by molar-refractivity contribution is 7.08. The quantitative estimate of drug-likeness (QED) is 0.801. The third kappa shape index (κ3) is 2.94. The fraction of sp³-hybridized carbons (Fsp3) is 0.286. The highest BCUT2D eigenvalue weighted by Gasteiger charge is 2.09. The van der Waals surface area contributed by atoms with Crippen molar-refractivity contribution in [1.29, 1.82) is 0 Å². The molecule has 1 aromatic carbocycles. The second kappa shape index (κ2) is 6.07. The molecule has 0 spiro atoms. The molecule has 1 heterocycles. The lowest BCUT2D eigenvalue weighted by atomic mass is 10.0. The van der Waals surface area contributed by atoms with Crippen molar-refractivity contribution in [3.8, 4) is 11.1 Å². The molecule has 0 atom stereocenters. The molecular formula is C14H15F2NS. The zero-order chi connectivity index (χ0) is 13.0. The molecule has 96 valence electrons. The molecule has 0 fully saturated rings. The Balaban J connectivity index is 2.22. The van der Waals surface area contributed by atoms with Gasteiger partial charge in [-0.1, -0.05) is 13.0 Å². The molecule has 0 aliphatic carbocycles. The second-order valence-corrected chi connectivity index (χ2v) is 4.86. The van der Waals surface area contributed by atoms with Gasteiger partial charge in [-0.3, -0.25) is 0 Å². The van der Waals surface area contributed by atoms with Gasteiger partial charge in [-0.25, -0.2) is 8.78 Å². The highest BCUT2D eigenvalue weighted by Crippen LogP contribution is 2.28. The number of hydrogen-bond acceptors (Lipinski definition) is 2. The molecule has 18 heavy (non-hydrogen) atoms. The van der Waals surface area contributed by atoms with Gasteiger partial charge in [-0.15, -0.1) is 0 Å². The molecule has 0 aliphatic rings. The first-order chi connectivity index (χ1) is 8.72. The lowest BCUT2D eigenvalue weighted by Gasteiger charge is -2.06. The molecule has 1 nitrogen and oxygen atoms in total. The Morgan fingerprint density at radius 2 is 2.00 bits per heavy atom. The monoisotopic (exact) mass is 267 g/mol. The van der Waals surface area contributed by atoms with Crippen LogP contribution < -0.4 is 5.32 Å². The Morgan fingerprint density at radius 1 is 1.17 bits per heavy atom. The fourth-order valence-electron chi connectivity index (χ4n) is 1.78. The Kier molecular flexibility index (Phi) is 4.44. The van der Waals surface area contributed by atoms with E-state index in [4.69, 9.17) is 0 Å². The van der Waals surface area contributed by atoms with E-state index in [2.05, 4.69) is 12.2 Å². The zero-order valence-corrected chi connectivity index (χ0v) is 11.0. The van der Waals surface area contributed by atoms with E-state index in [0.717, 1.165) is 36.2 Å². The summed E-state index contributed by atoms with van der Waals surface area (Å²) in [6, 6.07) is 4.04. The van der Waals surface area contributed by atoms with Gasteiger partial charge >= 0.3 is 0 Å². The van der Waals surface area contributed by atoms with Crippen LogP contribution in [0.15, 0.2) is 29.0 Å². The van der Waals surface area contributed by atoms with Crippen molar-refractivity contribution in [2.24, 2.45) is 0 Å². The Bertz CT molecular complexity index is 522. The molecule has 1 N–H and O–H groups in total. The molecule has 2 rings (SSSR count). The fourth-order valence-corrected chi connectivity index (χ4v) is 2.64. The van der Waals surface area contributed by atoms with Crippen molar-refractivity contribution >= 4 is 11.3 Å². The van der Waals surface area contributed by atoms with E-state index in [1.54, 1.807) is 17.4 Å². The largest absolute Gasteiger partial charge is 0.313 e. The minimum absolute atomic E-state index is 0.725. The molecule has 2 aromatic rings. The highest BCUT2D eigenvalue weighted by atomic mass is 32.1. The molecule has 0 aliphatic heterocycles. The molecule has 0 saturated heterocycles. The van der Waals surface area contributed by atoms with E-state index in [1.165, 1.54) is 12.1 Å². The third-order valence-electron chi connectivity index (χ3n) is 2.71. The van der Waals surface area contributed by atoms with E-state index >= 15 is 0 Å². The summed E-state index contributed by atoms with van der Waals surface area (Å²) in [5.41, 5.74) is 2.82. The normalized spacial score (nSPS) is 10.8. The van der Waals surface area contributed by atoms with Gasteiger partial charge in [0.15, 0.2) is 11.6 Å². The summed E-state index contributed by atoms with van der Waals surface area (Å²) in [5, 5.41) is 7.32. The summed E-state index contributed by atoms with van der Waals surface area (Å²) in [4.78, 5) is 0. The number of benzene rings is 1. The summed E-state index contributed by atoms with van der Waals surface area (Å²) >= 11 is 1.57. The van der Waals surface area contributed by atoms with Crippen LogP contribution in [0, 0.1) is 11.6 Å². The van der Waals surface area contributed by atoms with Crippen molar-refractivity contribution in [2.45, 2.75) is 19.9 Å². The second-order valence-electron chi connectivity index (χ2n) is 4.12. The zero-order valence-electron chi connectivity index (χ0n) is 10.2. The maximum Gasteiger partial charge on any atom is 0.159 e. The van der Waals surface area contributed by atoms with E-state index in [-0.39, 0.29) is 0 Å².